The lowest BCUT2D eigenvalue weighted by molar-refractivity contribution is -0.384. The van der Waals surface area contributed by atoms with Crippen LogP contribution in [-0.4, -0.2) is 30.5 Å². The monoisotopic (exact) mass is 544 g/mol. The Morgan fingerprint density at radius 2 is 1.91 bits per heavy atom. The molecule has 176 valence electrons. The third-order valence-corrected chi connectivity index (χ3v) is 6.41. The molecule has 0 bridgehead atoms. The average Bonchev–Trinajstić information content (AvgIpc) is 3.13. The maximum absolute atomic E-state index is 12.8. The van der Waals surface area contributed by atoms with Gasteiger partial charge in [-0.15, -0.1) is 11.3 Å². The second-order valence-electron chi connectivity index (χ2n) is 6.98. The summed E-state index contributed by atoms with van der Waals surface area (Å²) in [5, 5.41) is 14.1. The molecule has 10 heteroatoms. The Bertz CT molecular complexity index is 1270. The minimum atomic E-state index is -0.585. The highest BCUT2D eigenvalue weighted by Crippen LogP contribution is 2.41. The summed E-state index contributed by atoms with van der Waals surface area (Å²) in [6.07, 6.45) is 3.01. The third-order valence-electron chi connectivity index (χ3n) is 4.77. The summed E-state index contributed by atoms with van der Waals surface area (Å²) in [6, 6.07) is 11.3. The van der Waals surface area contributed by atoms with Crippen molar-refractivity contribution in [2.24, 2.45) is 0 Å². The number of hydrogen-bond acceptors (Lipinski definition) is 7. The number of ether oxygens (including phenoxy) is 2. The molecule has 3 rings (SSSR count). The van der Waals surface area contributed by atoms with Crippen LogP contribution in [0.15, 0.2) is 53.0 Å². The largest absolute Gasteiger partial charge is 0.496 e. The standard InChI is InChI=1S/C24H21BrN2O6S/c1-4-33-24(29)22-21(16-7-9-17(10-8-16)27(30)31)14(2)34-23(22)26-20(28)12-6-15-5-11-19(32-3)18(25)13-15/h5-13H,4H2,1-3H3,(H,26,28)/b12-6+. The molecular weight excluding hydrogens is 524 g/mol. The van der Waals surface area contributed by atoms with Crippen molar-refractivity contribution < 1.29 is 24.0 Å². The molecule has 8 nitrogen and oxygen atoms in total. The summed E-state index contributed by atoms with van der Waals surface area (Å²) in [6.45, 7) is 3.66. The van der Waals surface area contributed by atoms with Gasteiger partial charge in [0.25, 0.3) is 5.69 Å². The number of anilines is 1. The van der Waals surface area contributed by atoms with Gasteiger partial charge in [-0.1, -0.05) is 6.07 Å². The van der Waals surface area contributed by atoms with Crippen LogP contribution in [0, 0.1) is 17.0 Å². The van der Waals surface area contributed by atoms with Crippen molar-refractivity contribution >= 4 is 55.9 Å². The van der Waals surface area contributed by atoms with Gasteiger partial charge in [0.05, 0.1) is 23.1 Å². The van der Waals surface area contributed by atoms with E-state index in [1.807, 2.05) is 13.0 Å². The number of nitrogens with one attached hydrogen (secondary N) is 1. The van der Waals surface area contributed by atoms with Gasteiger partial charge < -0.3 is 14.8 Å². The number of aryl methyl sites for hydroxylation is 1. The van der Waals surface area contributed by atoms with Gasteiger partial charge in [-0.3, -0.25) is 14.9 Å². The Balaban J connectivity index is 1.92. The molecule has 2 aromatic carbocycles. The Hall–Kier alpha value is -3.50. The first-order valence-electron chi connectivity index (χ1n) is 10.1. The van der Waals surface area contributed by atoms with Crippen molar-refractivity contribution in [2.75, 3.05) is 19.0 Å². The fraction of sp³-hybridized carbons (Fsp3) is 0.167. The maximum atomic E-state index is 12.8. The van der Waals surface area contributed by atoms with Crippen molar-refractivity contribution in [1.29, 1.82) is 0 Å². The zero-order valence-electron chi connectivity index (χ0n) is 18.6. The van der Waals surface area contributed by atoms with E-state index in [1.165, 1.54) is 29.5 Å². The molecule has 1 heterocycles. The second-order valence-corrected chi connectivity index (χ2v) is 9.06. The van der Waals surface area contributed by atoms with E-state index in [0.717, 1.165) is 14.9 Å². The summed E-state index contributed by atoms with van der Waals surface area (Å²) < 4.78 is 11.2. The van der Waals surface area contributed by atoms with Gasteiger partial charge >= 0.3 is 5.97 Å². The van der Waals surface area contributed by atoms with Crippen molar-refractivity contribution in [3.05, 3.63) is 79.1 Å². The highest BCUT2D eigenvalue weighted by atomic mass is 79.9. The molecule has 0 fully saturated rings. The van der Waals surface area contributed by atoms with E-state index in [1.54, 1.807) is 44.4 Å². The lowest BCUT2D eigenvalue weighted by Crippen LogP contribution is -2.12. The number of halogens is 1. The Morgan fingerprint density at radius 1 is 1.21 bits per heavy atom. The van der Waals surface area contributed by atoms with Crippen LogP contribution in [0.4, 0.5) is 10.7 Å². The molecule has 0 saturated carbocycles. The molecule has 1 amide bonds. The number of rotatable bonds is 8. The van der Waals surface area contributed by atoms with Crippen LogP contribution in [0.5, 0.6) is 5.75 Å². The van der Waals surface area contributed by atoms with Crippen LogP contribution >= 0.6 is 27.3 Å². The maximum Gasteiger partial charge on any atom is 0.341 e. The molecule has 0 spiro atoms. The molecule has 0 aliphatic carbocycles. The highest BCUT2D eigenvalue weighted by molar-refractivity contribution is 9.10. The highest BCUT2D eigenvalue weighted by Gasteiger charge is 2.25. The number of carbonyl (C=O) groups is 2. The van der Waals surface area contributed by atoms with E-state index in [2.05, 4.69) is 21.2 Å². The summed E-state index contributed by atoms with van der Waals surface area (Å²) in [4.78, 5) is 36.7. The number of hydrogen-bond donors (Lipinski definition) is 1. The minimum absolute atomic E-state index is 0.0573. The van der Waals surface area contributed by atoms with Crippen molar-refractivity contribution in [1.82, 2.24) is 0 Å². The zero-order valence-corrected chi connectivity index (χ0v) is 21.0. The number of benzene rings is 2. The fourth-order valence-corrected chi connectivity index (χ4v) is 4.87. The quantitative estimate of drug-likeness (QED) is 0.156. The number of nitrogens with zero attached hydrogens (tertiary/aromatic N) is 1. The van der Waals surface area contributed by atoms with E-state index >= 15 is 0 Å². The third kappa shape index (κ3) is 5.70. The number of non-ortho nitro benzene ring substituents is 1. The van der Waals surface area contributed by atoms with E-state index < -0.39 is 16.8 Å². The number of amides is 1. The minimum Gasteiger partial charge on any atom is -0.496 e. The van der Waals surface area contributed by atoms with Crippen LogP contribution in [0.3, 0.4) is 0 Å². The van der Waals surface area contributed by atoms with Crippen LogP contribution < -0.4 is 10.1 Å². The van der Waals surface area contributed by atoms with Gasteiger partial charge in [0, 0.05) is 28.6 Å². The van der Waals surface area contributed by atoms with Crippen LogP contribution in [-0.2, 0) is 9.53 Å². The molecule has 0 radical (unpaired) electrons. The van der Waals surface area contributed by atoms with Gasteiger partial charge in [-0.2, -0.15) is 0 Å². The summed E-state index contributed by atoms with van der Waals surface area (Å²) in [5.74, 6) is -0.332. The smallest absolute Gasteiger partial charge is 0.341 e. The van der Waals surface area contributed by atoms with Gasteiger partial charge in [0.1, 0.15) is 16.3 Å². The molecule has 0 aliphatic rings. The van der Waals surface area contributed by atoms with E-state index in [-0.39, 0.29) is 17.9 Å². The van der Waals surface area contributed by atoms with Crippen LogP contribution in [0.1, 0.15) is 27.7 Å². The summed E-state index contributed by atoms with van der Waals surface area (Å²) in [7, 11) is 1.57. The summed E-state index contributed by atoms with van der Waals surface area (Å²) >= 11 is 4.64. The predicted molar refractivity (Wildman–Crippen MR) is 135 cm³/mol. The van der Waals surface area contributed by atoms with Crippen molar-refractivity contribution in [2.45, 2.75) is 13.8 Å². The van der Waals surface area contributed by atoms with E-state index in [0.29, 0.717) is 21.9 Å². The first-order valence-corrected chi connectivity index (χ1v) is 11.7. The normalized spacial score (nSPS) is 10.8. The topological polar surface area (TPSA) is 108 Å². The number of methoxy groups -OCH3 is 1. The van der Waals surface area contributed by atoms with E-state index in [4.69, 9.17) is 9.47 Å². The number of esters is 1. The van der Waals surface area contributed by atoms with Gasteiger partial charge in [-0.05, 0) is 71.2 Å². The molecule has 3 aromatic rings. The first kappa shape index (κ1) is 25.1. The second kappa shape index (κ2) is 11.1. The number of nitro groups is 1. The van der Waals surface area contributed by atoms with Gasteiger partial charge in [0.2, 0.25) is 5.91 Å². The van der Waals surface area contributed by atoms with Crippen LogP contribution in [0.2, 0.25) is 0 Å². The van der Waals surface area contributed by atoms with Crippen LogP contribution in [0.25, 0.3) is 17.2 Å². The fourth-order valence-electron chi connectivity index (χ4n) is 3.24. The average molecular weight is 545 g/mol. The number of nitro benzene ring substituents is 1. The Labute approximate surface area is 208 Å². The van der Waals surface area contributed by atoms with E-state index in [9.17, 15) is 19.7 Å². The molecule has 34 heavy (non-hydrogen) atoms. The van der Waals surface area contributed by atoms with Gasteiger partial charge in [0.15, 0.2) is 0 Å². The summed E-state index contributed by atoms with van der Waals surface area (Å²) in [5.41, 5.74) is 2.12. The SMILES string of the molecule is CCOC(=O)c1c(NC(=O)/C=C/c2ccc(OC)c(Br)c2)sc(C)c1-c1ccc([N+](=O)[O-])cc1. The Kier molecular flexibility index (Phi) is 8.19. The predicted octanol–water partition coefficient (Wildman–Crippen LogP) is 6.23. The molecule has 1 N–H and O–H groups in total. The van der Waals surface area contributed by atoms with Crippen molar-refractivity contribution in [3.8, 4) is 16.9 Å². The lowest BCUT2D eigenvalue weighted by atomic mass is 10.0. The molecule has 0 aliphatic heterocycles. The first-order chi connectivity index (χ1) is 16.2. The molecule has 0 unspecified atom stereocenters. The number of thiophene rings is 1. The molecule has 0 atom stereocenters. The zero-order chi connectivity index (χ0) is 24.8. The number of carbonyl (C=O) groups excluding carboxylic acids is 2. The van der Waals surface area contributed by atoms with Crippen molar-refractivity contribution in [3.63, 3.8) is 0 Å². The van der Waals surface area contributed by atoms with Gasteiger partial charge in [-0.25, -0.2) is 4.79 Å². The lowest BCUT2D eigenvalue weighted by Gasteiger charge is -2.08. The molecule has 1 aromatic heterocycles. The Morgan fingerprint density at radius 3 is 2.50 bits per heavy atom. The molecular formula is C24H21BrN2O6S. The molecule has 0 saturated heterocycles.